The quantitative estimate of drug-likeness (QED) is 0.640. The molecule has 1 aliphatic carbocycles. The Labute approximate surface area is 108 Å². The van der Waals surface area contributed by atoms with Gasteiger partial charge in [-0.05, 0) is 69.4 Å². The molecule has 1 fully saturated rings. The van der Waals surface area contributed by atoms with Crippen LogP contribution in [0.3, 0.4) is 0 Å². The molecular weight excluding hydrogens is 208 g/mol. The highest BCUT2D eigenvalue weighted by Crippen LogP contribution is 2.25. The molecule has 0 amide bonds. The van der Waals surface area contributed by atoms with Crippen molar-refractivity contribution in [2.45, 2.75) is 65.3 Å². The molecular formula is C15H32N2. The third-order valence-corrected chi connectivity index (χ3v) is 4.36. The van der Waals surface area contributed by atoms with Crippen molar-refractivity contribution < 1.29 is 0 Å². The van der Waals surface area contributed by atoms with Gasteiger partial charge in [0.2, 0.25) is 0 Å². The fourth-order valence-electron chi connectivity index (χ4n) is 3.09. The van der Waals surface area contributed by atoms with Gasteiger partial charge in [0.25, 0.3) is 0 Å². The van der Waals surface area contributed by atoms with Crippen molar-refractivity contribution in [3.8, 4) is 0 Å². The van der Waals surface area contributed by atoms with E-state index in [1.165, 1.54) is 45.1 Å². The summed E-state index contributed by atoms with van der Waals surface area (Å²) in [6, 6.07) is 0.803. The Kier molecular flexibility index (Phi) is 7.14. The van der Waals surface area contributed by atoms with Gasteiger partial charge in [-0.2, -0.15) is 0 Å². The normalized spacial score (nSPS) is 26.6. The Morgan fingerprint density at radius 3 is 2.53 bits per heavy atom. The molecule has 0 aliphatic heterocycles. The number of hydrogen-bond donors (Lipinski definition) is 2. The lowest BCUT2D eigenvalue weighted by atomic mass is 9.88. The standard InChI is InChI=1S/C15H32N2/c1-12(2)14(8-9-16)5-4-10-17-15-7-6-13(3)11-15/h12-15,17H,4-11,16H2,1-3H3. The molecule has 0 radical (unpaired) electrons. The summed E-state index contributed by atoms with van der Waals surface area (Å²) < 4.78 is 0. The molecule has 102 valence electrons. The molecule has 1 rings (SSSR count). The van der Waals surface area contributed by atoms with E-state index >= 15 is 0 Å². The highest BCUT2D eigenvalue weighted by Gasteiger charge is 2.20. The first kappa shape index (κ1) is 15.0. The van der Waals surface area contributed by atoms with Gasteiger partial charge in [0.1, 0.15) is 0 Å². The van der Waals surface area contributed by atoms with Crippen LogP contribution in [0, 0.1) is 17.8 Å². The predicted octanol–water partition coefficient (Wildman–Crippen LogP) is 3.17. The maximum atomic E-state index is 5.67. The topological polar surface area (TPSA) is 38.0 Å². The molecule has 0 aromatic carbocycles. The molecule has 2 heteroatoms. The molecule has 0 spiro atoms. The zero-order chi connectivity index (χ0) is 12.7. The van der Waals surface area contributed by atoms with Crippen LogP contribution in [0.4, 0.5) is 0 Å². The minimum absolute atomic E-state index is 0.782. The van der Waals surface area contributed by atoms with Crippen molar-refractivity contribution in [3.63, 3.8) is 0 Å². The van der Waals surface area contributed by atoms with Gasteiger partial charge < -0.3 is 11.1 Å². The Morgan fingerprint density at radius 2 is 2.00 bits per heavy atom. The molecule has 0 bridgehead atoms. The van der Waals surface area contributed by atoms with E-state index in [-0.39, 0.29) is 0 Å². The highest BCUT2D eigenvalue weighted by molar-refractivity contribution is 4.78. The van der Waals surface area contributed by atoms with E-state index in [2.05, 4.69) is 26.1 Å². The largest absolute Gasteiger partial charge is 0.330 e. The minimum atomic E-state index is 0.782. The van der Waals surface area contributed by atoms with E-state index < -0.39 is 0 Å². The van der Waals surface area contributed by atoms with Gasteiger partial charge in [0.15, 0.2) is 0 Å². The molecule has 17 heavy (non-hydrogen) atoms. The Morgan fingerprint density at radius 1 is 1.24 bits per heavy atom. The number of nitrogens with two attached hydrogens (primary N) is 1. The van der Waals surface area contributed by atoms with Gasteiger partial charge >= 0.3 is 0 Å². The summed E-state index contributed by atoms with van der Waals surface area (Å²) in [5.74, 6) is 2.54. The van der Waals surface area contributed by atoms with Crippen LogP contribution in [0.5, 0.6) is 0 Å². The second-order valence-corrected chi connectivity index (χ2v) is 6.29. The maximum absolute atomic E-state index is 5.67. The van der Waals surface area contributed by atoms with Crippen molar-refractivity contribution in [3.05, 3.63) is 0 Å². The number of nitrogens with one attached hydrogen (secondary N) is 1. The Hall–Kier alpha value is -0.0800. The van der Waals surface area contributed by atoms with Gasteiger partial charge in [0, 0.05) is 6.04 Å². The second kappa shape index (κ2) is 8.10. The van der Waals surface area contributed by atoms with Crippen LogP contribution in [0.2, 0.25) is 0 Å². The maximum Gasteiger partial charge on any atom is 0.00696 e. The molecule has 1 aliphatic rings. The van der Waals surface area contributed by atoms with Crippen LogP contribution < -0.4 is 11.1 Å². The van der Waals surface area contributed by atoms with Crippen molar-refractivity contribution in [2.75, 3.05) is 13.1 Å². The second-order valence-electron chi connectivity index (χ2n) is 6.29. The fourth-order valence-corrected chi connectivity index (χ4v) is 3.09. The van der Waals surface area contributed by atoms with E-state index in [1.54, 1.807) is 0 Å². The van der Waals surface area contributed by atoms with Gasteiger partial charge in [-0.15, -0.1) is 0 Å². The van der Waals surface area contributed by atoms with E-state index in [9.17, 15) is 0 Å². The van der Waals surface area contributed by atoms with Crippen LogP contribution in [0.25, 0.3) is 0 Å². The summed E-state index contributed by atoms with van der Waals surface area (Å²) in [7, 11) is 0. The summed E-state index contributed by atoms with van der Waals surface area (Å²) in [5.41, 5.74) is 5.67. The van der Waals surface area contributed by atoms with Crippen molar-refractivity contribution in [1.82, 2.24) is 5.32 Å². The third-order valence-electron chi connectivity index (χ3n) is 4.36. The van der Waals surface area contributed by atoms with Crippen LogP contribution in [-0.4, -0.2) is 19.1 Å². The van der Waals surface area contributed by atoms with Crippen LogP contribution in [0.15, 0.2) is 0 Å². The van der Waals surface area contributed by atoms with E-state index in [0.29, 0.717) is 0 Å². The molecule has 1 saturated carbocycles. The van der Waals surface area contributed by atoms with Gasteiger partial charge in [-0.25, -0.2) is 0 Å². The van der Waals surface area contributed by atoms with Gasteiger partial charge in [-0.3, -0.25) is 0 Å². The molecule has 2 nitrogen and oxygen atoms in total. The lowest BCUT2D eigenvalue weighted by Gasteiger charge is -2.20. The highest BCUT2D eigenvalue weighted by atomic mass is 14.9. The fraction of sp³-hybridized carbons (Fsp3) is 1.00. The summed E-state index contributed by atoms with van der Waals surface area (Å²) in [6.45, 7) is 9.07. The first-order valence-corrected chi connectivity index (χ1v) is 7.57. The van der Waals surface area contributed by atoms with E-state index in [1.807, 2.05) is 0 Å². The zero-order valence-corrected chi connectivity index (χ0v) is 12.0. The van der Waals surface area contributed by atoms with Gasteiger partial charge in [-0.1, -0.05) is 20.8 Å². The average Bonchev–Trinajstić information content (AvgIpc) is 2.68. The van der Waals surface area contributed by atoms with E-state index in [0.717, 1.165) is 30.3 Å². The van der Waals surface area contributed by atoms with Crippen molar-refractivity contribution >= 4 is 0 Å². The molecule has 3 unspecified atom stereocenters. The zero-order valence-electron chi connectivity index (χ0n) is 12.0. The van der Waals surface area contributed by atoms with E-state index in [4.69, 9.17) is 5.73 Å². The first-order valence-electron chi connectivity index (χ1n) is 7.57. The molecule has 0 saturated heterocycles. The number of rotatable bonds is 8. The summed E-state index contributed by atoms with van der Waals surface area (Å²) in [6.07, 6.45) is 8.03. The minimum Gasteiger partial charge on any atom is -0.330 e. The Bertz CT molecular complexity index is 191. The summed E-state index contributed by atoms with van der Waals surface area (Å²) >= 11 is 0. The third kappa shape index (κ3) is 5.87. The monoisotopic (exact) mass is 240 g/mol. The molecule has 0 aromatic heterocycles. The molecule has 3 N–H and O–H groups in total. The van der Waals surface area contributed by atoms with Crippen LogP contribution in [-0.2, 0) is 0 Å². The van der Waals surface area contributed by atoms with Crippen molar-refractivity contribution in [2.24, 2.45) is 23.5 Å². The molecule has 0 aromatic rings. The lowest BCUT2D eigenvalue weighted by Crippen LogP contribution is -2.28. The van der Waals surface area contributed by atoms with Gasteiger partial charge in [0.05, 0.1) is 0 Å². The first-order chi connectivity index (χ1) is 8.13. The Balaban J connectivity index is 2.05. The summed E-state index contributed by atoms with van der Waals surface area (Å²) in [4.78, 5) is 0. The molecule has 3 atom stereocenters. The molecule has 0 heterocycles. The van der Waals surface area contributed by atoms with Crippen LogP contribution >= 0.6 is 0 Å². The summed E-state index contributed by atoms with van der Waals surface area (Å²) in [5, 5.41) is 3.72. The predicted molar refractivity (Wildman–Crippen MR) is 76.0 cm³/mol. The average molecular weight is 240 g/mol. The van der Waals surface area contributed by atoms with Crippen molar-refractivity contribution in [1.29, 1.82) is 0 Å². The lowest BCUT2D eigenvalue weighted by molar-refractivity contribution is 0.327. The number of hydrogen-bond acceptors (Lipinski definition) is 2. The smallest absolute Gasteiger partial charge is 0.00696 e. The van der Waals surface area contributed by atoms with Crippen LogP contribution in [0.1, 0.15) is 59.3 Å². The SMILES string of the molecule is CC1CCC(NCCCC(CCN)C(C)C)C1.